The lowest BCUT2D eigenvalue weighted by molar-refractivity contribution is 1.18. The van der Waals surface area contributed by atoms with E-state index in [1.165, 1.54) is 120 Å². The Morgan fingerprint density at radius 3 is 1.21 bits per heavy atom. The monoisotopic (exact) mass is 862 g/mol. The molecular formula is C66H42N2. The Balaban J connectivity index is 1.04. The van der Waals surface area contributed by atoms with Crippen LogP contribution in [0.5, 0.6) is 0 Å². The summed E-state index contributed by atoms with van der Waals surface area (Å²) in [7, 11) is 0. The van der Waals surface area contributed by atoms with E-state index in [1.807, 2.05) is 0 Å². The number of aromatic nitrogens is 2. The molecule has 14 rings (SSSR count). The van der Waals surface area contributed by atoms with Crippen LogP contribution in [0.25, 0.3) is 132 Å². The van der Waals surface area contributed by atoms with Gasteiger partial charge in [0.2, 0.25) is 0 Å². The lowest BCUT2D eigenvalue weighted by atomic mass is 9.84. The fraction of sp³-hybridized carbons (Fsp3) is 0. The number of benzene rings is 12. The smallest absolute Gasteiger partial charge is 0.0541 e. The lowest BCUT2D eigenvalue weighted by Gasteiger charge is -2.19. The highest BCUT2D eigenvalue weighted by Gasteiger charge is 2.20. The second-order valence-corrected chi connectivity index (χ2v) is 18.0. The van der Waals surface area contributed by atoms with Gasteiger partial charge in [0.25, 0.3) is 0 Å². The molecule has 2 heteroatoms. The van der Waals surface area contributed by atoms with Crippen molar-refractivity contribution in [2.24, 2.45) is 0 Å². The van der Waals surface area contributed by atoms with Gasteiger partial charge in [0.1, 0.15) is 0 Å². The number of nitrogens with zero attached hydrogens (tertiary/aromatic N) is 2. The Hall–Kier alpha value is -8.98. The molecule has 0 N–H and O–H groups in total. The van der Waals surface area contributed by atoms with Crippen molar-refractivity contribution in [3.63, 3.8) is 0 Å². The van der Waals surface area contributed by atoms with E-state index >= 15 is 0 Å². The summed E-state index contributed by atoms with van der Waals surface area (Å²) in [5.74, 6) is 0. The minimum atomic E-state index is 1.16. The molecule has 0 saturated heterocycles. The normalized spacial score (nSPS) is 11.8. The van der Waals surface area contributed by atoms with Crippen LogP contribution in [0, 0.1) is 0 Å². The molecule has 0 amide bonds. The first-order valence-corrected chi connectivity index (χ1v) is 23.5. The molecule has 0 aliphatic carbocycles. The summed E-state index contributed by atoms with van der Waals surface area (Å²) in [5, 5.41) is 12.4. The standard InChI is InChI=1S/C66H42N2/c1-4-17-43(18-5-1)44-33-36-52-45(39-44)19-14-28-55(52)66-56-29-15-26-50(46-34-37-64-60(40-46)53-24-10-12-31-62(53)67(64)48-20-6-2-7-21-48)58(56)42-59-51(27-16-30-57(59)66)47-35-38-65-61(41-47)54-25-11-13-32-63(54)68(65)49-22-8-3-9-23-49/h1-42H. The molecule has 316 valence electrons. The van der Waals surface area contributed by atoms with E-state index < -0.39 is 0 Å². The van der Waals surface area contributed by atoms with Crippen LogP contribution in [0.15, 0.2) is 255 Å². The van der Waals surface area contributed by atoms with Crippen LogP contribution in [0.4, 0.5) is 0 Å². The van der Waals surface area contributed by atoms with E-state index in [9.17, 15) is 0 Å². The molecule has 2 nitrogen and oxygen atoms in total. The predicted molar refractivity (Wildman–Crippen MR) is 289 cm³/mol. The summed E-state index contributed by atoms with van der Waals surface area (Å²) in [6, 6.07) is 94.0. The first kappa shape index (κ1) is 38.3. The zero-order chi connectivity index (χ0) is 44.7. The zero-order valence-corrected chi connectivity index (χ0v) is 37.1. The fourth-order valence-electron chi connectivity index (χ4n) is 11.3. The van der Waals surface area contributed by atoms with Crippen LogP contribution >= 0.6 is 0 Å². The number of rotatable bonds is 6. The Labute approximate surface area is 393 Å². The van der Waals surface area contributed by atoms with Gasteiger partial charge in [0, 0.05) is 32.9 Å². The molecule has 0 fully saturated rings. The number of fused-ring (bicyclic) bond motifs is 9. The topological polar surface area (TPSA) is 9.86 Å². The van der Waals surface area contributed by atoms with Crippen LogP contribution in [-0.2, 0) is 0 Å². The maximum absolute atomic E-state index is 2.48. The zero-order valence-electron chi connectivity index (χ0n) is 37.1. The largest absolute Gasteiger partial charge is 0.309 e. The van der Waals surface area contributed by atoms with Gasteiger partial charge in [0.15, 0.2) is 0 Å². The number of hydrogen-bond donors (Lipinski definition) is 0. The van der Waals surface area contributed by atoms with Crippen LogP contribution in [-0.4, -0.2) is 9.13 Å². The minimum Gasteiger partial charge on any atom is -0.309 e. The molecule has 0 saturated carbocycles. The Morgan fingerprint density at radius 1 is 0.206 bits per heavy atom. The van der Waals surface area contributed by atoms with Crippen molar-refractivity contribution in [1.82, 2.24) is 9.13 Å². The van der Waals surface area contributed by atoms with Gasteiger partial charge in [-0.25, -0.2) is 0 Å². The molecule has 0 atom stereocenters. The molecule has 68 heavy (non-hydrogen) atoms. The summed E-state index contributed by atoms with van der Waals surface area (Å²) >= 11 is 0. The highest BCUT2D eigenvalue weighted by molar-refractivity contribution is 6.22. The maximum Gasteiger partial charge on any atom is 0.0541 e. The number of hydrogen-bond acceptors (Lipinski definition) is 0. The van der Waals surface area contributed by atoms with Gasteiger partial charge in [-0.1, -0.05) is 182 Å². The van der Waals surface area contributed by atoms with Crippen molar-refractivity contribution >= 4 is 75.9 Å². The van der Waals surface area contributed by atoms with E-state index in [-0.39, 0.29) is 0 Å². The summed E-state index contributed by atoms with van der Waals surface area (Å²) in [6.07, 6.45) is 0. The van der Waals surface area contributed by atoms with E-state index in [4.69, 9.17) is 0 Å². The van der Waals surface area contributed by atoms with Gasteiger partial charge in [-0.05, 0) is 150 Å². The van der Waals surface area contributed by atoms with Crippen LogP contribution in [0.1, 0.15) is 0 Å². The molecule has 2 heterocycles. The van der Waals surface area contributed by atoms with Crippen molar-refractivity contribution in [2.75, 3.05) is 0 Å². The second kappa shape index (κ2) is 15.3. The number of para-hydroxylation sites is 4. The molecule has 0 unspecified atom stereocenters. The van der Waals surface area contributed by atoms with Gasteiger partial charge in [0.05, 0.1) is 22.1 Å². The van der Waals surface area contributed by atoms with Gasteiger partial charge >= 0.3 is 0 Å². The molecule has 0 spiro atoms. The summed E-state index contributed by atoms with van der Waals surface area (Å²) in [4.78, 5) is 0. The minimum absolute atomic E-state index is 1.16. The molecule has 14 aromatic rings. The molecule has 0 aliphatic rings. The van der Waals surface area contributed by atoms with Gasteiger partial charge in [-0.2, -0.15) is 0 Å². The van der Waals surface area contributed by atoms with Crippen LogP contribution < -0.4 is 0 Å². The molecule has 2 aromatic heterocycles. The average molecular weight is 863 g/mol. The summed E-state index contributed by atoms with van der Waals surface area (Å²) in [6.45, 7) is 0. The molecular weight excluding hydrogens is 821 g/mol. The summed E-state index contributed by atoms with van der Waals surface area (Å²) in [5.41, 5.74) is 16.9. The average Bonchev–Trinajstić information content (AvgIpc) is 3.92. The van der Waals surface area contributed by atoms with Gasteiger partial charge in [-0.3, -0.25) is 0 Å². The lowest BCUT2D eigenvalue weighted by Crippen LogP contribution is -1.93. The Morgan fingerprint density at radius 2 is 0.647 bits per heavy atom. The third-order valence-electron chi connectivity index (χ3n) is 14.3. The van der Waals surface area contributed by atoms with E-state index in [1.54, 1.807) is 0 Å². The van der Waals surface area contributed by atoms with Crippen LogP contribution in [0.2, 0.25) is 0 Å². The first-order valence-electron chi connectivity index (χ1n) is 23.5. The van der Waals surface area contributed by atoms with Gasteiger partial charge in [-0.15, -0.1) is 0 Å². The van der Waals surface area contributed by atoms with Crippen molar-refractivity contribution < 1.29 is 0 Å². The molecule has 0 aliphatic heterocycles. The van der Waals surface area contributed by atoms with Crippen molar-refractivity contribution in [3.8, 4) is 55.9 Å². The first-order chi connectivity index (χ1) is 33.7. The van der Waals surface area contributed by atoms with E-state index in [0.717, 1.165) is 11.4 Å². The van der Waals surface area contributed by atoms with Crippen molar-refractivity contribution in [2.45, 2.75) is 0 Å². The second-order valence-electron chi connectivity index (χ2n) is 18.0. The van der Waals surface area contributed by atoms with Crippen molar-refractivity contribution in [3.05, 3.63) is 255 Å². The molecule has 0 bridgehead atoms. The third-order valence-corrected chi connectivity index (χ3v) is 14.3. The highest BCUT2D eigenvalue weighted by atomic mass is 15.0. The highest BCUT2D eigenvalue weighted by Crippen LogP contribution is 2.47. The summed E-state index contributed by atoms with van der Waals surface area (Å²) < 4.78 is 4.79. The Kier molecular flexibility index (Phi) is 8.62. The SMILES string of the molecule is c1ccc(-c2ccc3c(-c4c5cccc(-c6ccc7c(c6)c6ccccc6n7-c6ccccc6)c5cc5c(-c6ccc7c(c6)c6ccccc6n7-c6ccccc6)cccc45)cccc3c2)cc1. The maximum atomic E-state index is 2.48. The van der Waals surface area contributed by atoms with E-state index in [0.29, 0.717) is 0 Å². The third kappa shape index (κ3) is 5.91. The Bertz CT molecular complexity index is 4080. The van der Waals surface area contributed by atoms with Gasteiger partial charge < -0.3 is 9.13 Å². The fourth-order valence-corrected chi connectivity index (χ4v) is 11.3. The quantitative estimate of drug-likeness (QED) is 0.147. The molecule has 0 radical (unpaired) electrons. The predicted octanol–water partition coefficient (Wildman–Crippen LogP) is 18.0. The molecule has 12 aromatic carbocycles. The van der Waals surface area contributed by atoms with Crippen molar-refractivity contribution in [1.29, 1.82) is 0 Å². The van der Waals surface area contributed by atoms with E-state index in [2.05, 4.69) is 264 Å². The van der Waals surface area contributed by atoms with Crippen LogP contribution in [0.3, 0.4) is 0 Å².